The molecule has 0 aromatic carbocycles. The molecule has 6 nitrogen and oxygen atoms in total. The van der Waals surface area contributed by atoms with Crippen molar-refractivity contribution in [3.8, 4) is 0 Å². The number of rotatable bonds is 9. The number of carbonyl (C=O) groups excluding carboxylic acids is 1. The number of carbonyl (C=O) groups is 1. The molecule has 24 heavy (non-hydrogen) atoms. The van der Waals surface area contributed by atoms with Gasteiger partial charge >= 0.3 is 6.03 Å². The van der Waals surface area contributed by atoms with Crippen LogP contribution in [0.15, 0.2) is 24.5 Å². The average molecular weight is 333 g/mol. The third-order valence-electron chi connectivity index (χ3n) is 4.52. The molecular formula is C18H31N5O. The molecule has 0 aliphatic carbocycles. The average Bonchev–Trinajstić information content (AvgIpc) is 2.63. The van der Waals surface area contributed by atoms with Gasteiger partial charge in [0.2, 0.25) is 0 Å². The van der Waals surface area contributed by atoms with E-state index in [4.69, 9.17) is 0 Å². The first kappa shape index (κ1) is 18.7. The molecule has 134 valence electrons. The molecule has 1 aliphatic heterocycles. The summed E-state index contributed by atoms with van der Waals surface area (Å²) in [6.45, 7) is 10.6. The van der Waals surface area contributed by atoms with Crippen molar-refractivity contribution in [2.45, 2.75) is 26.2 Å². The molecule has 1 saturated heterocycles. The highest BCUT2D eigenvalue weighted by atomic mass is 16.2. The predicted octanol–water partition coefficient (Wildman–Crippen LogP) is 1.34. The molecule has 0 unspecified atom stereocenters. The van der Waals surface area contributed by atoms with E-state index in [9.17, 15) is 4.79 Å². The fourth-order valence-corrected chi connectivity index (χ4v) is 2.92. The zero-order valence-electron chi connectivity index (χ0n) is 14.8. The van der Waals surface area contributed by atoms with Gasteiger partial charge in [0.25, 0.3) is 0 Å². The Morgan fingerprint density at radius 3 is 2.58 bits per heavy atom. The van der Waals surface area contributed by atoms with Gasteiger partial charge in [-0.2, -0.15) is 0 Å². The van der Waals surface area contributed by atoms with E-state index < -0.39 is 0 Å². The van der Waals surface area contributed by atoms with Crippen molar-refractivity contribution in [1.29, 1.82) is 0 Å². The highest BCUT2D eigenvalue weighted by Gasteiger charge is 2.14. The van der Waals surface area contributed by atoms with E-state index in [1.807, 2.05) is 18.3 Å². The summed E-state index contributed by atoms with van der Waals surface area (Å²) in [6, 6.07) is 3.86. The minimum absolute atomic E-state index is 0.0737. The van der Waals surface area contributed by atoms with Crippen molar-refractivity contribution in [2.24, 2.45) is 0 Å². The van der Waals surface area contributed by atoms with E-state index in [0.29, 0.717) is 6.54 Å². The lowest BCUT2D eigenvalue weighted by atomic mass is 10.2. The summed E-state index contributed by atoms with van der Waals surface area (Å²) in [5, 5.41) is 5.82. The molecule has 0 radical (unpaired) electrons. The molecule has 0 spiro atoms. The maximum absolute atomic E-state index is 11.7. The second kappa shape index (κ2) is 11.0. The van der Waals surface area contributed by atoms with Gasteiger partial charge in [0.05, 0.1) is 0 Å². The van der Waals surface area contributed by atoms with Crippen LogP contribution < -0.4 is 10.6 Å². The molecule has 0 atom stereocenters. The molecule has 6 heteroatoms. The summed E-state index contributed by atoms with van der Waals surface area (Å²) in [7, 11) is 0. The number of nitrogens with one attached hydrogen (secondary N) is 2. The number of aromatic nitrogens is 1. The standard InChI is InChI=1S/C18H31N5O/c1-2-22-12-14-23(15-13-22)11-4-3-9-20-18(24)21-10-7-17-6-5-8-19-16-17/h5-6,8,16H,2-4,7,9-15H2,1H3,(H2,20,21,24). The van der Waals surface area contributed by atoms with Gasteiger partial charge in [-0.05, 0) is 44.0 Å². The van der Waals surface area contributed by atoms with E-state index in [-0.39, 0.29) is 6.03 Å². The van der Waals surface area contributed by atoms with Gasteiger partial charge in [0, 0.05) is 51.7 Å². The number of pyridine rings is 1. The van der Waals surface area contributed by atoms with Crippen molar-refractivity contribution in [2.75, 3.05) is 52.4 Å². The Kier molecular flexibility index (Phi) is 8.55. The maximum Gasteiger partial charge on any atom is 0.314 e. The van der Waals surface area contributed by atoms with Crippen molar-refractivity contribution in [3.63, 3.8) is 0 Å². The van der Waals surface area contributed by atoms with Crippen LogP contribution in [0.3, 0.4) is 0 Å². The van der Waals surface area contributed by atoms with Crippen molar-refractivity contribution >= 4 is 6.03 Å². The Hall–Kier alpha value is -1.66. The number of likely N-dealkylation sites (N-methyl/N-ethyl adjacent to an activating group) is 1. The second-order valence-corrected chi connectivity index (χ2v) is 6.28. The molecule has 2 amide bonds. The third kappa shape index (κ3) is 7.27. The molecule has 0 saturated carbocycles. The van der Waals surface area contributed by atoms with Crippen LogP contribution in [-0.2, 0) is 6.42 Å². The lowest BCUT2D eigenvalue weighted by Gasteiger charge is -2.33. The lowest BCUT2D eigenvalue weighted by molar-refractivity contribution is 0.135. The van der Waals surface area contributed by atoms with Crippen LogP contribution in [-0.4, -0.2) is 73.2 Å². The SMILES string of the molecule is CCN1CCN(CCCCNC(=O)NCCc2cccnc2)CC1. The van der Waals surface area contributed by atoms with Gasteiger partial charge in [0.15, 0.2) is 0 Å². The van der Waals surface area contributed by atoms with Crippen molar-refractivity contribution in [1.82, 2.24) is 25.4 Å². The number of nitrogens with zero attached hydrogens (tertiary/aromatic N) is 3. The van der Waals surface area contributed by atoms with Crippen LogP contribution in [0.5, 0.6) is 0 Å². The van der Waals surface area contributed by atoms with Crippen LogP contribution in [0.25, 0.3) is 0 Å². The Balaban J connectivity index is 1.43. The summed E-state index contributed by atoms with van der Waals surface area (Å²) >= 11 is 0. The number of piperazine rings is 1. The number of unbranched alkanes of at least 4 members (excludes halogenated alkanes) is 1. The maximum atomic E-state index is 11.7. The molecule has 1 aliphatic rings. The number of hydrogen-bond donors (Lipinski definition) is 2. The van der Waals surface area contributed by atoms with Gasteiger partial charge < -0.3 is 20.4 Å². The highest BCUT2D eigenvalue weighted by Crippen LogP contribution is 2.02. The third-order valence-corrected chi connectivity index (χ3v) is 4.52. The van der Waals surface area contributed by atoms with Gasteiger partial charge in [-0.15, -0.1) is 0 Å². The fourth-order valence-electron chi connectivity index (χ4n) is 2.92. The van der Waals surface area contributed by atoms with Crippen molar-refractivity contribution < 1.29 is 4.79 Å². The number of amides is 2. The Bertz CT molecular complexity index is 460. The number of urea groups is 1. The van der Waals surface area contributed by atoms with E-state index >= 15 is 0 Å². The van der Waals surface area contributed by atoms with E-state index in [0.717, 1.165) is 44.5 Å². The molecule has 0 bridgehead atoms. The van der Waals surface area contributed by atoms with E-state index in [2.05, 4.69) is 32.3 Å². The highest BCUT2D eigenvalue weighted by molar-refractivity contribution is 5.73. The van der Waals surface area contributed by atoms with E-state index in [1.54, 1.807) is 6.20 Å². The smallest absolute Gasteiger partial charge is 0.314 e. The normalized spacial score (nSPS) is 16.0. The van der Waals surface area contributed by atoms with Crippen LogP contribution in [0.4, 0.5) is 4.79 Å². The van der Waals surface area contributed by atoms with Crippen LogP contribution >= 0.6 is 0 Å². The van der Waals surface area contributed by atoms with Gasteiger partial charge in [-0.1, -0.05) is 13.0 Å². The van der Waals surface area contributed by atoms with Gasteiger partial charge in [0.1, 0.15) is 0 Å². The Morgan fingerprint density at radius 1 is 1.12 bits per heavy atom. The molecule has 2 heterocycles. The summed E-state index contributed by atoms with van der Waals surface area (Å²) in [5.74, 6) is 0. The number of hydrogen-bond acceptors (Lipinski definition) is 4. The molecular weight excluding hydrogens is 302 g/mol. The summed E-state index contributed by atoms with van der Waals surface area (Å²) in [6.07, 6.45) is 6.57. The molecule has 2 N–H and O–H groups in total. The molecule has 1 aromatic heterocycles. The summed E-state index contributed by atoms with van der Waals surface area (Å²) in [4.78, 5) is 20.8. The minimum Gasteiger partial charge on any atom is -0.338 e. The zero-order valence-corrected chi connectivity index (χ0v) is 14.8. The first-order valence-electron chi connectivity index (χ1n) is 9.13. The first-order chi connectivity index (χ1) is 11.8. The molecule has 1 aromatic rings. The summed E-state index contributed by atoms with van der Waals surface area (Å²) in [5.41, 5.74) is 1.14. The first-order valence-corrected chi connectivity index (χ1v) is 9.13. The van der Waals surface area contributed by atoms with Gasteiger partial charge in [-0.25, -0.2) is 4.79 Å². The van der Waals surface area contributed by atoms with E-state index in [1.165, 1.54) is 26.2 Å². The summed E-state index contributed by atoms with van der Waals surface area (Å²) < 4.78 is 0. The predicted molar refractivity (Wildman–Crippen MR) is 97.1 cm³/mol. The van der Waals surface area contributed by atoms with Crippen LogP contribution in [0, 0.1) is 0 Å². The Labute approximate surface area is 145 Å². The largest absolute Gasteiger partial charge is 0.338 e. The monoisotopic (exact) mass is 333 g/mol. The quantitative estimate of drug-likeness (QED) is 0.670. The second-order valence-electron chi connectivity index (χ2n) is 6.28. The van der Waals surface area contributed by atoms with Crippen LogP contribution in [0.1, 0.15) is 25.3 Å². The minimum atomic E-state index is -0.0737. The molecule has 2 rings (SSSR count). The topological polar surface area (TPSA) is 60.5 Å². The molecule has 1 fully saturated rings. The Morgan fingerprint density at radius 2 is 1.88 bits per heavy atom. The van der Waals surface area contributed by atoms with Gasteiger partial charge in [-0.3, -0.25) is 4.98 Å². The zero-order chi connectivity index (χ0) is 17.0. The lowest BCUT2D eigenvalue weighted by Crippen LogP contribution is -2.46. The van der Waals surface area contributed by atoms with Crippen LogP contribution in [0.2, 0.25) is 0 Å². The van der Waals surface area contributed by atoms with Crippen molar-refractivity contribution in [3.05, 3.63) is 30.1 Å². The fraction of sp³-hybridized carbons (Fsp3) is 0.667.